The Hall–Kier alpha value is -7.35. The molecule has 0 radical (unpaired) electrons. The lowest BCUT2D eigenvalue weighted by Crippen LogP contribution is -2.60. The third kappa shape index (κ3) is 11.0. The van der Waals surface area contributed by atoms with E-state index in [9.17, 15) is 19.5 Å². The molecule has 0 saturated heterocycles. The number of aromatic amines is 2. The van der Waals surface area contributed by atoms with Gasteiger partial charge < -0.3 is 36.8 Å². The van der Waals surface area contributed by atoms with Gasteiger partial charge in [-0.2, -0.15) is 0 Å². The Labute approximate surface area is 372 Å². The molecule has 9 N–H and O–H groups in total. The van der Waals surface area contributed by atoms with Crippen LogP contribution in [0.15, 0.2) is 164 Å². The fourth-order valence-electron chi connectivity index (χ4n) is 8.26. The first-order valence-electron chi connectivity index (χ1n) is 21.6. The molecule has 0 unspecified atom stereocenters. The van der Waals surface area contributed by atoms with Gasteiger partial charge in [-0.1, -0.05) is 140 Å². The van der Waals surface area contributed by atoms with E-state index >= 15 is 4.79 Å². The molecule has 328 valence electrons. The van der Waals surface area contributed by atoms with E-state index < -0.39 is 53.4 Å². The molecule has 5 aromatic carbocycles. The van der Waals surface area contributed by atoms with Gasteiger partial charge in [-0.25, -0.2) is 9.78 Å². The number of carboxylic acids is 1. The Kier molecular flexibility index (Phi) is 15.1. The number of nitrogens with two attached hydrogens (primary N) is 1. The molecule has 2 aromatic heterocycles. The molecule has 7 rings (SSSR count). The number of carboxylic acid groups (broad SMARTS) is 1. The first kappa shape index (κ1) is 44.7. The highest BCUT2D eigenvalue weighted by Gasteiger charge is 2.41. The summed E-state index contributed by atoms with van der Waals surface area (Å²) < 4.78 is 0. The van der Waals surface area contributed by atoms with Crippen LogP contribution in [0.2, 0.25) is 0 Å². The largest absolute Gasteiger partial charge is 0.480 e. The van der Waals surface area contributed by atoms with Crippen LogP contribution in [0.25, 0.3) is 10.9 Å². The molecule has 0 bridgehead atoms. The molecule has 4 atom stereocenters. The second-order valence-corrected chi connectivity index (χ2v) is 15.9. The lowest BCUT2D eigenvalue weighted by molar-refractivity contribution is -0.142. The first-order valence-corrected chi connectivity index (χ1v) is 21.6. The van der Waals surface area contributed by atoms with Gasteiger partial charge in [0, 0.05) is 48.3 Å². The number of carbonyl (C=O) groups is 4. The second-order valence-electron chi connectivity index (χ2n) is 15.9. The van der Waals surface area contributed by atoms with Crippen molar-refractivity contribution in [1.82, 2.24) is 36.2 Å². The second kappa shape index (κ2) is 21.6. The van der Waals surface area contributed by atoms with Crippen LogP contribution in [-0.2, 0) is 44.0 Å². The minimum Gasteiger partial charge on any atom is -0.480 e. The number of benzene rings is 5. The maximum Gasteiger partial charge on any atom is 0.326 e. The van der Waals surface area contributed by atoms with Gasteiger partial charge in [0.15, 0.2) is 0 Å². The van der Waals surface area contributed by atoms with Gasteiger partial charge >= 0.3 is 5.97 Å². The fraction of sp³-hybridized carbons (Fsp3) is 0.235. The maximum atomic E-state index is 15.0. The van der Waals surface area contributed by atoms with Crippen molar-refractivity contribution in [3.05, 3.63) is 198 Å². The molecule has 0 aliphatic carbocycles. The number of unbranched alkanes of at least 4 members (excludes halogenated alkanes) is 1. The van der Waals surface area contributed by atoms with E-state index in [0.29, 0.717) is 25.1 Å². The average molecular weight is 859 g/mol. The van der Waals surface area contributed by atoms with Crippen LogP contribution in [0, 0.1) is 0 Å². The number of rotatable bonds is 22. The molecule has 64 heavy (non-hydrogen) atoms. The van der Waals surface area contributed by atoms with Crippen LogP contribution in [0.1, 0.15) is 52.8 Å². The van der Waals surface area contributed by atoms with Gasteiger partial charge in [0.2, 0.25) is 17.7 Å². The minimum atomic E-state index is -1.30. The predicted molar refractivity (Wildman–Crippen MR) is 247 cm³/mol. The van der Waals surface area contributed by atoms with Crippen molar-refractivity contribution in [1.29, 1.82) is 0 Å². The Balaban J connectivity index is 1.19. The number of imidazole rings is 1. The van der Waals surface area contributed by atoms with Crippen LogP contribution < -0.4 is 27.0 Å². The molecule has 13 heteroatoms. The van der Waals surface area contributed by atoms with E-state index in [-0.39, 0.29) is 25.7 Å². The molecule has 3 amide bonds. The predicted octanol–water partition coefficient (Wildman–Crippen LogP) is 5.54. The molecule has 0 aliphatic heterocycles. The zero-order chi connectivity index (χ0) is 44.7. The van der Waals surface area contributed by atoms with Gasteiger partial charge in [0.05, 0.1) is 17.9 Å². The highest BCUT2D eigenvalue weighted by molar-refractivity contribution is 5.94. The molecule has 0 aliphatic rings. The highest BCUT2D eigenvalue weighted by atomic mass is 16.4. The van der Waals surface area contributed by atoms with Gasteiger partial charge in [-0.3, -0.25) is 19.7 Å². The van der Waals surface area contributed by atoms with Crippen LogP contribution in [0.3, 0.4) is 0 Å². The molecule has 0 spiro atoms. The number of nitrogens with zero attached hydrogens (tertiary/aromatic N) is 1. The lowest BCUT2D eigenvalue weighted by atomic mass is 9.76. The van der Waals surface area contributed by atoms with E-state index in [1.165, 1.54) is 0 Å². The van der Waals surface area contributed by atoms with Gasteiger partial charge in [-0.05, 0) is 59.7 Å². The number of amides is 3. The Morgan fingerprint density at radius 1 is 0.594 bits per heavy atom. The number of hydrogen-bond donors (Lipinski definition) is 8. The summed E-state index contributed by atoms with van der Waals surface area (Å²) in [7, 11) is 0. The van der Waals surface area contributed by atoms with E-state index in [1.807, 2.05) is 146 Å². The zero-order valence-electron chi connectivity index (χ0n) is 35.5. The summed E-state index contributed by atoms with van der Waals surface area (Å²) in [5.41, 5.74) is 10.6. The summed E-state index contributed by atoms with van der Waals surface area (Å²) in [6, 6.07) is 41.9. The topological polar surface area (TPSA) is 207 Å². The Morgan fingerprint density at radius 3 is 1.70 bits per heavy atom. The van der Waals surface area contributed by atoms with Crippen molar-refractivity contribution in [2.45, 2.75) is 68.2 Å². The lowest BCUT2D eigenvalue weighted by Gasteiger charge is -2.40. The number of hydrogen-bond acceptors (Lipinski definition) is 7. The summed E-state index contributed by atoms with van der Waals surface area (Å²) in [6.07, 6.45) is 6.55. The molecule has 0 saturated carbocycles. The minimum absolute atomic E-state index is 0.00994. The van der Waals surface area contributed by atoms with E-state index in [2.05, 4.69) is 36.2 Å². The smallest absolute Gasteiger partial charge is 0.326 e. The average Bonchev–Trinajstić information content (AvgIpc) is 4.01. The number of H-pyrrole nitrogens is 2. The highest BCUT2D eigenvalue weighted by Crippen LogP contribution is 2.37. The van der Waals surface area contributed by atoms with Gasteiger partial charge in [-0.15, -0.1) is 0 Å². The molecular weight excluding hydrogens is 805 g/mol. The number of aliphatic carboxylic acids is 1. The van der Waals surface area contributed by atoms with Crippen LogP contribution in [0.4, 0.5) is 0 Å². The molecule has 13 nitrogen and oxygen atoms in total. The molecule has 2 heterocycles. The summed E-state index contributed by atoms with van der Waals surface area (Å²) in [6.45, 7) is 0.381. The number of para-hydroxylation sites is 1. The number of aromatic nitrogens is 3. The monoisotopic (exact) mass is 858 g/mol. The number of nitrogens with one attached hydrogen (secondary N) is 6. The van der Waals surface area contributed by atoms with Crippen molar-refractivity contribution in [2.24, 2.45) is 5.73 Å². The van der Waals surface area contributed by atoms with Crippen molar-refractivity contribution >= 4 is 34.6 Å². The standard InChI is InChI=1S/C51H54N8O5/c52-28-16-15-27-43(47(60)57-44(29-35-17-5-1-6-18-35)48(61)58-46(50(63)64)30-36-32-54-42-26-14-13-25-41(36)42)56-49(62)45(31-40-33-53-34-55-40)59-51(37-19-7-2-8-20-37,38-21-9-3-10-22-38)39-23-11-4-12-24-39/h1-14,17-26,32-34,43-46,54,59H,15-16,27-31,52H2,(H,53,55)(H,56,62)(H,57,60)(H,58,61)(H,63,64)/t43-,44-,45-,46-/m0/s1. The maximum absolute atomic E-state index is 15.0. The number of fused-ring (bicyclic) bond motifs is 1. The van der Waals surface area contributed by atoms with Crippen LogP contribution >= 0.6 is 0 Å². The van der Waals surface area contributed by atoms with E-state index in [1.54, 1.807) is 18.7 Å². The van der Waals surface area contributed by atoms with Gasteiger partial charge in [0.25, 0.3) is 0 Å². The Morgan fingerprint density at radius 2 is 1.12 bits per heavy atom. The molecular formula is C51H54N8O5. The van der Waals surface area contributed by atoms with Gasteiger partial charge in [0.1, 0.15) is 18.1 Å². The molecule has 7 aromatic rings. The van der Waals surface area contributed by atoms with Crippen LogP contribution in [0.5, 0.6) is 0 Å². The summed E-state index contributed by atoms with van der Waals surface area (Å²) in [4.78, 5) is 67.0. The third-order valence-electron chi connectivity index (χ3n) is 11.5. The van der Waals surface area contributed by atoms with E-state index in [0.717, 1.165) is 38.7 Å². The fourth-order valence-corrected chi connectivity index (χ4v) is 8.26. The zero-order valence-corrected chi connectivity index (χ0v) is 35.5. The molecule has 0 fully saturated rings. The summed E-state index contributed by atoms with van der Waals surface area (Å²) in [5, 5.41) is 23.6. The number of carbonyl (C=O) groups excluding carboxylic acids is 3. The van der Waals surface area contributed by atoms with Crippen LogP contribution in [-0.4, -0.2) is 74.5 Å². The normalized spacial score (nSPS) is 13.3. The van der Waals surface area contributed by atoms with Crippen molar-refractivity contribution in [2.75, 3.05) is 6.54 Å². The van der Waals surface area contributed by atoms with E-state index in [4.69, 9.17) is 5.73 Å². The SMILES string of the molecule is NCCCC[C@H](NC(=O)[C@H](Cc1cnc[nH]1)NC(c1ccccc1)(c1ccccc1)c1ccccc1)C(=O)N[C@@H](Cc1ccccc1)C(=O)N[C@@H](Cc1c[nH]c2ccccc12)C(=O)O. The quantitative estimate of drug-likeness (QED) is 0.0320. The van der Waals surface area contributed by atoms with Crippen molar-refractivity contribution < 1.29 is 24.3 Å². The van der Waals surface area contributed by atoms with Crippen molar-refractivity contribution in [3.8, 4) is 0 Å². The summed E-state index contributed by atoms with van der Waals surface area (Å²) >= 11 is 0. The third-order valence-corrected chi connectivity index (χ3v) is 11.5. The first-order chi connectivity index (χ1) is 31.2. The van der Waals surface area contributed by atoms with Crippen molar-refractivity contribution in [3.63, 3.8) is 0 Å². The Bertz CT molecular complexity index is 2470. The summed E-state index contributed by atoms with van der Waals surface area (Å²) in [5.74, 6) is -2.94.